The second kappa shape index (κ2) is 6.84. The molecule has 1 aromatic rings. The van der Waals surface area contributed by atoms with E-state index in [4.69, 9.17) is 8.92 Å². The molecule has 1 heterocycles. The van der Waals surface area contributed by atoms with Gasteiger partial charge in [0.1, 0.15) is 6.10 Å². The molecule has 132 valence electrons. The molecule has 0 aromatic heterocycles. The van der Waals surface area contributed by atoms with E-state index in [2.05, 4.69) is 0 Å². The van der Waals surface area contributed by atoms with E-state index in [1.165, 1.54) is 18.6 Å². The van der Waals surface area contributed by atoms with E-state index in [1.54, 1.807) is 12.1 Å². The third-order valence-electron chi connectivity index (χ3n) is 5.12. The average Bonchev–Trinajstić information content (AvgIpc) is 2.84. The van der Waals surface area contributed by atoms with Crippen LogP contribution in [0.4, 0.5) is 0 Å². The van der Waals surface area contributed by atoms with Crippen molar-refractivity contribution in [1.82, 2.24) is 0 Å². The Bertz CT molecular complexity index is 687. The van der Waals surface area contributed by atoms with Gasteiger partial charge in [-0.15, -0.1) is 0 Å². The van der Waals surface area contributed by atoms with Crippen molar-refractivity contribution in [3.8, 4) is 0 Å². The fourth-order valence-electron chi connectivity index (χ4n) is 3.70. The van der Waals surface area contributed by atoms with E-state index in [0.717, 1.165) is 31.2 Å². The number of hydrogen-bond donors (Lipinski definition) is 0. The van der Waals surface area contributed by atoms with Gasteiger partial charge >= 0.3 is 5.97 Å². The molecular weight excluding hydrogens is 328 g/mol. The summed E-state index contributed by atoms with van der Waals surface area (Å²) in [5.74, 6) is -0.103. The van der Waals surface area contributed by atoms with Crippen LogP contribution in [-0.2, 0) is 23.8 Å². The third kappa shape index (κ3) is 3.64. The summed E-state index contributed by atoms with van der Waals surface area (Å²) in [6.07, 6.45) is 5.98. The van der Waals surface area contributed by atoms with Crippen LogP contribution in [0.2, 0.25) is 0 Å². The molecule has 1 saturated heterocycles. The van der Waals surface area contributed by atoms with Gasteiger partial charge in [-0.2, -0.15) is 8.42 Å². The molecule has 6 heteroatoms. The molecule has 0 bridgehead atoms. The first-order chi connectivity index (χ1) is 11.4. The number of ether oxygens (including phenoxy) is 1. The summed E-state index contributed by atoms with van der Waals surface area (Å²) in [5, 5.41) is 0. The van der Waals surface area contributed by atoms with Gasteiger partial charge in [-0.1, -0.05) is 37.0 Å². The van der Waals surface area contributed by atoms with E-state index in [-0.39, 0.29) is 29.0 Å². The predicted octanol–water partition coefficient (Wildman–Crippen LogP) is 3.36. The molecule has 1 unspecified atom stereocenters. The smallest absolute Gasteiger partial charge is 0.312 e. The van der Waals surface area contributed by atoms with Crippen LogP contribution < -0.4 is 0 Å². The van der Waals surface area contributed by atoms with Crippen molar-refractivity contribution in [3.05, 3.63) is 29.8 Å². The number of cyclic esters (lactones) is 1. The van der Waals surface area contributed by atoms with Crippen molar-refractivity contribution < 1.29 is 22.1 Å². The number of aryl methyl sites for hydroxylation is 1. The molecule has 0 N–H and O–H groups in total. The second-order valence-electron chi connectivity index (χ2n) is 6.95. The van der Waals surface area contributed by atoms with Gasteiger partial charge in [-0.05, 0) is 31.9 Å². The molecular formula is C18H24O5S. The highest BCUT2D eigenvalue weighted by atomic mass is 32.2. The maximum absolute atomic E-state index is 12.2. The zero-order chi connectivity index (χ0) is 17.2. The second-order valence-corrected chi connectivity index (χ2v) is 8.57. The number of carbonyl (C=O) groups excluding carboxylic acids is 1. The summed E-state index contributed by atoms with van der Waals surface area (Å²) in [6.45, 7) is 1.93. The van der Waals surface area contributed by atoms with Gasteiger partial charge in [0, 0.05) is 12.8 Å². The zero-order valence-electron chi connectivity index (χ0n) is 14.0. The van der Waals surface area contributed by atoms with Gasteiger partial charge < -0.3 is 4.74 Å². The molecule has 3 rings (SSSR count). The SMILES string of the molecule is Cc1ccc(S(=O)(=O)OCCC2CC3(CCCCC3)C(=O)O2)cc1. The van der Waals surface area contributed by atoms with Crippen LogP contribution in [0, 0.1) is 12.3 Å². The molecule has 1 spiro atoms. The Morgan fingerprint density at radius 3 is 2.50 bits per heavy atom. The molecule has 2 aliphatic rings. The largest absolute Gasteiger partial charge is 0.462 e. The summed E-state index contributed by atoms with van der Waals surface area (Å²) in [6, 6.07) is 6.55. The molecule has 1 aliphatic heterocycles. The third-order valence-corrected chi connectivity index (χ3v) is 6.45. The Kier molecular flexibility index (Phi) is 4.97. The lowest BCUT2D eigenvalue weighted by molar-refractivity contribution is -0.150. The van der Waals surface area contributed by atoms with E-state index in [1.807, 2.05) is 6.92 Å². The summed E-state index contributed by atoms with van der Waals surface area (Å²) >= 11 is 0. The molecule has 2 fully saturated rings. The van der Waals surface area contributed by atoms with Crippen molar-refractivity contribution >= 4 is 16.1 Å². The van der Waals surface area contributed by atoms with Crippen molar-refractivity contribution in [2.24, 2.45) is 5.41 Å². The quantitative estimate of drug-likeness (QED) is 0.600. The fraction of sp³-hybridized carbons (Fsp3) is 0.611. The molecule has 24 heavy (non-hydrogen) atoms. The summed E-state index contributed by atoms with van der Waals surface area (Å²) in [4.78, 5) is 12.3. The van der Waals surface area contributed by atoms with Crippen molar-refractivity contribution in [3.63, 3.8) is 0 Å². The normalized spacial score (nSPS) is 23.4. The van der Waals surface area contributed by atoms with Gasteiger partial charge in [-0.3, -0.25) is 8.98 Å². The van der Waals surface area contributed by atoms with Crippen LogP contribution in [0.3, 0.4) is 0 Å². The lowest BCUT2D eigenvalue weighted by Crippen LogP contribution is -2.28. The number of carbonyl (C=O) groups is 1. The highest BCUT2D eigenvalue weighted by molar-refractivity contribution is 7.86. The Morgan fingerprint density at radius 2 is 1.83 bits per heavy atom. The zero-order valence-corrected chi connectivity index (χ0v) is 14.8. The molecule has 5 nitrogen and oxygen atoms in total. The fourth-order valence-corrected chi connectivity index (χ4v) is 4.62. The molecule has 1 saturated carbocycles. The maximum atomic E-state index is 12.2. The van der Waals surface area contributed by atoms with Gasteiger partial charge in [-0.25, -0.2) is 0 Å². The van der Waals surface area contributed by atoms with Crippen LogP contribution in [0.5, 0.6) is 0 Å². The van der Waals surface area contributed by atoms with Crippen LogP contribution in [0.25, 0.3) is 0 Å². The first kappa shape index (κ1) is 17.4. The average molecular weight is 352 g/mol. The van der Waals surface area contributed by atoms with E-state index in [9.17, 15) is 13.2 Å². The van der Waals surface area contributed by atoms with Gasteiger partial charge in [0.25, 0.3) is 10.1 Å². The Hall–Kier alpha value is -1.40. The lowest BCUT2D eigenvalue weighted by atomic mass is 9.72. The predicted molar refractivity (Wildman–Crippen MR) is 88.9 cm³/mol. The van der Waals surface area contributed by atoms with Crippen LogP contribution in [0.15, 0.2) is 29.2 Å². The summed E-state index contributed by atoms with van der Waals surface area (Å²) in [5.41, 5.74) is 0.670. The Labute approximate surface area is 143 Å². The standard InChI is InChI=1S/C18H24O5S/c1-14-5-7-16(8-6-14)24(20,21)22-12-9-15-13-18(17(19)23-15)10-3-2-4-11-18/h5-8,15H,2-4,9-13H2,1H3. The Morgan fingerprint density at radius 1 is 1.17 bits per heavy atom. The number of hydrogen-bond acceptors (Lipinski definition) is 5. The van der Waals surface area contributed by atoms with E-state index in [0.29, 0.717) is 12.8 Å². The van der Waals surface area contributed by atoms with Crippen molar-refractivity contribution in [2.75, 3.05) is 6.61 Å². The van der Waals surface area contributed by atoms with Gasteiger partial charge in [0.2, 0.25) is 0 Å². The molecule has 1 aromatic carbocycles. The first-order valence-corrected chi connectivity index (χ1v) is 9.99. The van der Waals surface area contributed by atoms with E-state index < -0.39 is 10.1 Å². The van der Waals surface area contributed by atoms with Crippen LogP contribution >= 0.6 is 0 Å². The van der Waals surface area contributed by atoms with Gasteiger partial charge in [0.05, 0.1) is 16.9 Å². The lowest BCUT2D eigenvalue weighted by Gasteiger charge is -2.28. The molecule has 0 amide bonds. The highest BCUT2D eigenvalue weighted by Gasteiger charge is 2.48. The maximum Gasteiger partial charge on any atom is 0.312 e. The molecule has 1 atom stereocenters. The minimum atomic E-state index is -3.76. The number of esters is 1. The van der Waals surface area contributed by atoms with Crippen molar-refractivity contribution in [1.29, 1.82) is 0 Å². The Balaban J connectivity index is 1.53. The first-order valence-electron chi connectivity index (χ1n) is 8.59. The molecule has 0 radical (unpaired) electrons. The van der Waals surface area contributed by atoms with Crippen LogP contribution in [0.1, 0.15) is 50.5 Å². The monoisotopic (exact) mass is 352 g/mol. The van der Waals surface area contributed by atoms with Gasteiger partial charge in [0.15, 0.2) is 0 Å². The topological polar surface area (TPSA) is 69.7 Å². The van der Waals surface area contributed by atoms with Crippen molar-refractivity contribution in [2.45, 2.75) is 62.9 Å². The van der Waals surface area contributed by atoms with E-state index >= 15 is 0 Å². The number of rotatable bonds is 5. The summed E-state index contributed by atoms with van der Waals surface area (Å²) in [7, 11) is -3.76. The summed E-state index contributed by atoms with van der Waals surface area (Å²) < 4.78 is 34.9. The van der Waals surface area contributed by atoms with Crippen LogP contribution in [-0.4, -0.2) is 27.1 Å². The molecule has 1 aliphatic carbocycles. The highest BCUT2D eigenvalue weighted by Crippen LogP contribution is 2.46. The number of benzene rings is 1. The minimum absolute atomic E-state index is 0.0320. The minimum Gasteiger partial charge on any atom is -0.462 e.